The largest absolute Gasteiger partial charge is 0.377 e. The van der Waals surface area contributed by atoms with Crippen molar-refractivity contribution in [2.24, 2.45) is 16.3 Å². The Morgan fingerprint density at radius 1 is 1.36 bits per heavy atom. The molecule has 1 amide bonds. The van der Waals surface area contributed by atoms with Gasteiger partial charge in [-0.25, -0.2) is 0 Å². The van der Waals surface area contributed by atoms with Gasteiger partial charge in [-0.1, -0.05) is 6.42 Å². The third-order valence-electron chi connectivity index (χ3n) is 6.61. The van der Waals surface area contributed by atoms with Gasteiger partial charge in [0.2, 0.25) is 5.91 Å². The smallest absolute Gasteiger partial charge is 0.222 e. The number of hydrogen-bond donors (Lipinski definition) is 2. The Hall–Kier alpha value is -0.570. The Kier molecular flexibility index (Phi) is 5.82. The van der Waals surface area contributed by atoms with E-state index >= 15 is 0 Å². The summed E-state index contributed by atoms with van der Waals surface area (Å²) < 4.78 is 6.01. The average molecular weight is 462 g/mol. The van der Waals surface area contributed by atoms with Crippen molar-refractivity contribution in [2.75, 3.05) is 26.7 Å². The van der Waals surface area contributed by atoms with Crippen LogP contribution < -0.4 is 10.6 Å². The van der Waals surface area contributed by atoms with Gasteiger partial charge in [-0.2, -0.15) is 0 Å². The number of carbonyl (C=O) groups excluding carboxylic acids is 1. The molecule has 2 aliphatic heterocycles. The molecular weight excluding hydrogens is 431 g/mol. The van der Waals surface area contributed by atoms with Crippen molar-refractivity contribution in [3.63, 3.8) is 0 Å². The molecule has 0 aromatic carbocycles. The van der Waals surface area contributed by atoms with Gasteiger partial charge in [-0.3, -0.25) is 9.79 Å². The number of likely N-dealkylation sites (N-methyl/N-ethyl adjacent to an activating group) is 1. The predicted molar refractivity (Wildman–Crippen MR) is 108 cm³/mol. The molecule has 2 N–H and O–H groups in total. The van der Waals surface area contributed by atoms with E-state index in [4.69, 9.17) is 4.74 Å². The van der Waals surface area contributed by atoms with Crippen molar-refractivity contribution in [3.05, 3.63) is 0 Å². The molecule has 6 nitrogen and oxygen atoms in total. The van der Waals surface area contributed by atoms with E-state index in [0.717, 1.165) is 32.1 Å². The molecule has 0 aromatic heterocycles. The second kappa shape index (κ2) is 7.58. The average Bonchev–Trinajstić information content (AvgIpc) is 2.92. The molecule has 2 saturated carbocycles. The third kappa shape index (κ3) is 3.26. The number of halogens is 1. The summed E-state index contributed by atoms with van der Waals surface area (Å²) in [6, 6.07) is 0.790. The van der Waals surface area contributed by atoms with Crippen LogP contribution in [0.25, 0.3) is 0 Å². The SMILES string of the molecule is CCN=C(NC1CCC(=O)N(C)C1)NC1C2CCOC2C12CCC2.I. The van der Waals surface area contributed by atoms with E-state index in [1.54, 1.807) is 0 Å². The Balaban J connectivity index is 0.00000182. The Morgan fingerprint density at radius 2 is 2.16 bits per heavy atom. The molecule has 2 aliphatic carbocycles. The number of hydrogen-bond acceptors (Lipinski definition) is 3. The standard InChI is InChI=1S/C18H30N4O2.HI/c1-3-19-17(20-12-5-6-14(23)22(2)11-12)21-15-13-7-10-24-16(13)18(15)8-4-9-18;/h12-13,15-16H,3-11H2,1-2H3,(H2,19,20,21);1H. The maximum absolute atomic E-state index is 11.7. The molecule has 4 unspecified atom stereocenters. The number of fused-ring (bicyclic) bond motifs is 2. The highest BCUT2D eigenvalue weighted by Gasteiger charge is 2.66. The van der Waals surface area contributed by atoms with Gasteiger partial charge in [-0.05, 0) is 32.6 Å². The molecule has 0 radical (unpaired) electrons. The van der Waals surface area contributed by atoms with Gasteiger partial charge < -0.3 is 20.3 Å². The first-order valence-corrected chi connectivity index (χ1v) is 9.57. The molecule has 7 heteroatoms. The van der Waals surface area contributed by atoms with Crippen LogP contribution >= 0.6 is 24.0 Å². The highest BCUT2D eigenvalue weighted by molar-refractivity contribution is 14.0. The highest BCUT2D eigenvalue weighted by atomic mass is 127. The van der Waals surface area contributed by atoms with Gasteiger partial charge in [0.15, 0.2) is 5.96 Å². The van der Waals surface area contributed by atoms with Gasteiger partial charge in [-0.15, -0.1) is 24.0 Å². The number of carbonyl (C=O) groups is 1. The fraction of sp³-hybridized carbons (Fsp3) is 0.889. The molecule has 0 aromatic rings. The van der Waals surface area contributed by atoms with E-state index in [1.807, 2.05) is 11.9 Å². The van der Waals surface area contributed by atoms with E-state index in [2.05, 4.69) is 22.5 Å². The van der Waals surface area contributed by atoms with E-state index < -0.39 is 0 Å². The van der Waals surface area contributed by atoms with Crippen LogP contribution in [0.3, 0.4) is 0 Å². The minimum atomic E-state index is 0. The summed E-state index contributed by atoms with van der Waals surface area (Å²) in [6.45, 7) is 4.51. The number of guanidine groups is 1. The van der Waals surface area contributed by atoms with Crippen molar-refractivity contribution >= 4 is 35.8 Å². The number of likely N-dealkylation sites (tertiary alicyclic amines) is 1. The molecule has 25 heavy (non-hydrogen) atoms. The van der Waals surface area contributed by atoms with E-state index in [-0.39, 0.29) is 29.9 Å². The predicted octanol–water partition coefficient (Wildman–Crippen LogP) is 1.74. The quantitative estimate of drug-likeness (QED) is 0.381. The summed E-state index contributed by atoms with van der Waals surface area (Å²) in [7, 11) is 1.88. The second-order valence-corrected chi connectivity index (χ2v) is 7.93. The Bertz CT molecular complexity index is 537. The molecule has 0 bridgehead atoms. The topological polar surface area (TPSA) is 66.0 Å². The molecule has 4 aliphatic rings. The number of nitrogens with zero attached hydrogens (tertiary/aromatic N) is 2. The lowest BCUT2D eigenvalue weighted by Gasteiger charge is -2.63. The Labute approximate surface area is 167 Å². The lowest BCUT2D eigenvalue weighted by Crippen LogP contribution is -2.73. The molecule has 2 heterocycles. The first-order valence-electron chi connectivity index (χ1n) is 9.57. The molecule has 4 fully saturated rings. The van der Waals surface area contributed by atoms with Gasteiger partial charge in [0.1, 0.15) is 0 Å². The van der Waals surface area contributed by atoms with Crippen LogP contribution in [0.15, 0.2) is 4.99 Å². The van der Waals surface area contributed by atoms with Crippen LogP contribution in [0.5, 0.6) is 0 Å². The monoisotopic (exact) mass is 462 g/mol. The fourth-order valence-corrected chi connectivity index (χ4v) is 5.22. The summed E-state index contributed by atoms with van der Waals surface area (Å²) in [5.74, 6) is 1.81. The minimum absolute atomic E-state index is 0. The van der Waals surface area contributed by atoms with E-state index in [0.29, 0.717) is 35.9 Å². The van der Waals surface area contributed by atoms with Crippen molar-refractivity contribution in [1.82, 2.24) is 15.5 Å². The zero-order chi connectivity index (χ0) is 16.7. The van der Waals surface area contributed by atoms with Crippen LogP contribution in [-0.4, -0.2) is 61.7 Å². The fourth-order valence-electron chi connectivity index (χ4n) is 5.22. The van der Waals surface area contributed by atoms with Gasteiger partial charge in [0.05, 0.1) is 6.10 Å². The molecule has 4 rings (SSSR count). The summed E-state index contributed by atoms with van der Waals surface area (Å²) in [6.07, 6.45) is 7.05. The lowest BCUT2D eigenvalue weighted by molar-refractivity contribution is -0.171. The zero-order valence-corrected chi connectivity index (χ0v) is 17.6. The number of ether oxygens (including phenoxy) is 1. The van der Waals surface area contributed by atoms with Crippen LogP contribution in [-0.2, 0) is 9.53 Å². The zero-order valence-electron chi connectivity index (χ0n) is 15.3. The number of nitrogens with one attached hydrogen (secondary N) is 2. The first kappa shape index (κ1) is 19.2. The summed E-state index contributed by atoms with van der Waals surface area (Å²) in [4.78, 5) is 18.2. The second-order valence-electron chi connectivity index (χ2n) is 7.93. The molecule has 4 atom stereocenters. The van der Waals surface area contributed by atoms with Gasteiger partial charge in [0.25, 0.3) is 0 Å². The molecular formula is C18H31IN4O2. The summed E-state index contributed by atoms with van der Waals surface area (Å²) in [5.41, 5.74) is 0.358. The number of amides is 1. The number of piperidine rings is 1. The highest BCUT2D eigenvalue weighted by Crippen LogP contribution is 2.62. The van der Waals surface area contributed by atoms with Crippen molar-refractivity contribution in [2.45, 2.75) is 63.6 Å². The van der Waals surface area contributed by atoms with Crippen molar-refractivity contribution in [3.8, 4) is 0 Å². The van der Waals surface area contributed by atoms with E-state index in [9.17, 15) is 4.79 Å². The number of aliphatic imine (C=N–C) groups is 1. The van der Waals surface area contributed by atoms with Gasteiger partial charge in [0, 0.05) is 56.6 Å². The van der Waals surface area contributed by atoms with Crippen LogP contribution in [0, 0.1) is 11.3 Å². The van der Waals surface area contributed by atoms with Gasteiger partial charge >= 0.3 is 0 Å². The normalized spacial score (nSPS) is 36.2. The lowest BCUT2D eigenvalue weighted by atomic mass is 9.46. The first-order chi connectivity index (χ1) is 11.6. The van der Waals surface area contributed by atoms with Crippen molar-refractivity contribution < 1.29 is 9.53 Å². The van der Waals surface area contributed by atoms with Crippen LogP contribution in [0.1, 0.15) is 45.4 Å². The maximum atomic E-state index is 11.7. The van der Waals surface area contributed by atoms with E-state index in [1.165, 1.54) is 25.7 Å². The Morgan fingerprint density at radius 3 is 2.80 bits per heavy atom. The summed E-state index contributed by atoms with van der Waals surface area (Å²) in [5, 5.41) is 7.32. The minimum Gasteiger partial charge on any atom is -0.377 e. The molecule has 1 spiro atoms. The van der Waals surface area contributed by atoms with Crippen LogP contribution in [0.2, 0.25) is 0 Å². The maximum Gasteiger partial charge on any atom is 0.222 e. The molecule has 142 valence electrons. The summed E-state index contributed by atoms with van der Waals surface area (Å²) >= 11 is 0. The third-order valence-corrected chi connectivity index (χ3v) is 6.61. The van der Waals surface area contributed by atoms with Crippen molar-refractivity contribution in [1.29, 1.82) is 0 Å². The molecule has 2 saturated heterocycles. The number of rotatable bonds is 3. The van der Waals surface area contributed by atoms with Crippen LogP contribution in [0.4, 0.5) is 0 Å².